The maximum absolute atomic E-state index is 13.0. The van der Waals surface area contributed by atoms with Crippen LogP contribution in [0.1, 0.15) is 19.0 Å². The molecule has 0 bridgehead atoms. The van der Waals surface area contributed by atoms with Crippen molar-refractivity contribution in [3.05, 3.63) is 70.3 Å². The molecule has 0 saturated heterocycles. The van der Waals surface area contributed by atoms with Crippen LogP contribution in [-0.2, 0) is 4.79 Å². The second-order valence-electron chi connectivity index (χ2n) is 8.67. The Morgan fingerprint density at radius 2 is 1.82 bits per heavy atom. The number of alkyl halides is 3. The molecule has 0 fully saturated rings. The molecule has 40 heavy (non-hydrogen) atoms. The maximum atomic E-state index is 13.0. The summed E-state index contributed by atoms with van der Waals surface area (Å²) in [5, 5.41) is 15.0. The first-order chi connectivity index (χ1) is 18.9. The molecule has 0 radical (unpaired) electrons. The number of aromatic nitrogens is 2. The molecule has 3 aromatic carbocycles. The van der Waals surface area contributed by atoms with Crippen molar-refractivity contribution in [2.75, 3.05) is 0 Å². The van der Waals surface area contributed by atoms with Crippen LogP contribution in [0.5, 0.6) is 23.0 Å². The van der Waals surface area contributed by atoms with Gasteiger partial charge in [0.1, 0.15) is 17.2 Å². The number of halogens is 5. The fourth-order valence-corrected chi connectivity index (χ4v) is 4.56. The molecule has 5 rings (SSSR count). The van der Waals surface area contributed by atoms with Gasteiger partial charge in [0.15, 0.2) is 23.3 Å². The van der Waals surface area contributed by atoms with E-state index in [0.717, 1.165) is 0 Å². The number of carboxylic acids is 1. The molecular weight excluding hydrogens is 576 g/mol. The number of benzene rings is 3. The average Bonchev–Trinajstić information content (AvgIpc) is 3.40. The van der Waals surface area contributed by atoms with Crippen LogP contribution >= 0.6 is 23.2 Å². The number of rotatable bonds is 8. The first kappa shape index (κ1) is 27.5. The molecule has 0 saturated carbocycles. The molecule has 0 aliphatic heterocycles. The first-order valence-corrected chi connectivity index (χ1v) is 12.5. The smallest absolute Gasteiger partial charge is 0.479 e. The van der Waals surface area contributed by atoms with Crippen molar-refractivity contribution >= 4 is 51.0 Å². The van der Waals surface area contributed by atoms with Crippen LogP contribution in [0.15, 0.2) is 59.1 Å². The van der Waals surface area contributed by atoms with Crippen LogP contribution in [0.2, 0.25) is 10.0 Å². The summed E-state index contributed by atoms with van der Waals surface area (Å²) in [6, 6.07) is 13.1. The van der Waals surface area contributed by atoms with Crippen LogP contribution in [0.3, 0.4) is 0 Å². The Labute approximate surface area is 234 Å². The van der Waals surface area contributed by atoms with E-state index in [1.807, 2.05) is 0 Å². The van der Waals surface area contributed by atoms with E-state index in [1.165, 1.54) is 36.4 Å². The summed E-state index contributed by atoms with van der Waals surface area (Å²) in [4.78, 5) is 11.4. The number of carboxylic acid groups (broad SMARTS) is 1. The summed E-state index contributed by atoms with van der Waals surface area (Å²) in [5.74, 6) is -0.844. The summed E-state index contributed by atoms with van der Waals surface area (Å²) in [6.07, 6.45) is -5.81. The summed E-state index contributed by atoms with van der Waals surface area (Å²) >= 11 is 12.5. The van der Waals surface area contributed by atoms with Gasteiger partial charge < -0.3 is 23.8 Å². The molecule has 2 heterocycles. The Bertz CT molecular complexity index is 1750. The van der Waals surface area contributed by atoms with Gasteiger partial charge in [-0.2, -0.15) is 0 Å². The van der Waals surface area contributed by atoms with Crippen molar-refractivity contribution in [2.24, 2.45) is 0 Å². The maximum Gasteiger partial charge on any atom is 0.573 e. The van der Waals surface area contributed by atoms with Gasteiger partial charge in [0.2, 0.25) is 0 Å². The van der Waals surface area contributed by atoms with Gasteiger partial charge in [0.05, 0.1) is 21.6 Å². The van der Waals surface area contributed by atoms with Crippen molar-refractivity contribution in [1.29, 1.82) is 0 Å². The van der Waals surface area contributed by atoms with Crippen molar-refractivity contribution in [3.63, 3.8) is 0 Å². The van der Waals surface area contributed by atoms with Crippen molar-refractivity contribution in [3.8, 4) is 28.8 Å². The van der Waals surface area contributed by atoms with Crippen LogP contribution < -0.4 is 14.2 Å². The zero-order valence-corrected chi connectivity index (χ0v) is 22.3. The third kappa shape index (κ3) is 5.34. The van der Waals surface area contributed by atoms with E-state index < -0.39 is 24.2 Å². The summed E-state index contributed by atoms with van der Waals surface area (Å²) < 4.78 is 62.1. The van der Waals surface area contributed by atoms with E-state index in [4.69, 9.17) is 37.2 Å². The highest BCUT2D eigenvalue weighted by Crippen LogP contribution is 2.43. The lowest BCUT2D eigenvalue weighted by Crippen LogP contribution is -2.25. The Kier molecular flexibility index (Phi) is 7.19. The molecule has 0 spiro atoms. The zero-order valence-electron chi connectivity index (χ0n) is 20.8. The predicted molar refractivity (Wildman–Crippen MR) is 141 cm³/mol. The number of fused-ring (bicyclic) bond motifs is 2. The van der Waals surface area contributed by atoms with Gasteiger partial charge in [-0.1, -0.05) is 35.3 Å². The average molecular weight is 595 g/mol. The number of carbonyl (C=O) groups is 1. The Morgan fingerprint density at radius 3 is 2.52 bits per heavy atom. The van der Waals surface area contributed by atoms with Crippen molar-refractivity contribution in [2.45, 2.75) is 32.7 Å². The highest BCUT2D eigenvalue weighted by Gasteiger charge is 2.32. The third-order valence-electron chi connectivity index (χ3n) is 6.02. The quantitative estimate of drug-likeness (QED) is 0.193. The summed E-state index contributed by atoms with van der Waals surface area (Å²) in [6.45, 7) is 3.34. The Morgan fingerprint density at radius 1 is 1.07 bits per heavy atom. The molecule has 0 amide bonds. The highest BCUT2D eigenvalue weighted by molar-refractivity contribution is 6.32. The first-order valence-electron chi connectivity index (χ1n) is 11.8. The third-order valence-corrected chi connectivity index (χ3v) is 6.56. The van der Waals surface area contributed by atoms with Crippen molar-refractivity contribution in [1.82, 2.24) is 9.72 Å². The summed E-state index contributed by atoms with van der Waals surface area (Å²) in [7, 11) is 0. The lowest BCUT2D eigenvalue weighted by atomic mass is 10.2. The Balaban J connectivity index is 1.66. The van der Waals surface area contributed by atoms with Gasteiger partial charge >= 0.3 is 12.3 Å². The van der Waals surface area contributed by atoms with Gasteiger partial charge in [0.25, 0.3) is 0 Å². The molecule has 8 nitrogen and oxygen atoms in total. The minimum atomic E-state index is -4.91. The van der Waals surface area contributed by atoms with Crippen LogP contribution in [0.25, 0.3) is 27.7 Å². The van der Waals surface area contributed by atoms with Gasteiger partial charge in [-0.25, -0.2) is 4.79 Å². The van der Waals surface area contributed by atoms with Gasteiger partial charge in [-0.15, -0.1) is 13.2 Å². The molecule has 208 valence electrons. The standard InChI is InChI=1S/C27H19Cl2F3N2O6/c1-3-21(26(35)36)37-15-5-8-19(29)23(12-15)38-24-13(2)34(25-17-7-4-14(28)10-22(17)40-33-25)20-9-6-16(11-18(20)24)39-27(30,31)32/h4-12,21H,3H2,1-2H3,(H,35,36)/t21-/m0/s1. The molecule has 0 unspecified atom stereocenters. The summed E-state index contributed by atoms with van der Waals surface area (Å²) in [5.41, 5.74) is 1.29. The minimum Gasteiger partial charge on any atom is -0.479 e. The number of ether oxygens (including phenoxy) is 3. The number of nitrogens with zero attached hydrogens (tertiary/aromatic N) is 2. The second kappa shape index (κ2) is 10.5. The molecule has 5 aromatic rings. The fourth-order valence-electron chi connectivity index (χ4n) is 4.25. The van der Waals surface area contributed by atoms with Crippen molar-refractivity contribution < 1.29 is 41.8 Å². The van der Waals surface area contributed by atoms with Crippen LogP contribution in [-0.4, -0.2) is 33.3 Å². The predicted octanol–water partition coefficient (Wildman–Crippen LogP) is 8.32. The second-order valence-corrected chi connectivity index (χ2v) is 9.51. The molecule has 1 atom stereocenters. The van der Waals surface area contributed by atoms with E-state index in [1.54, 1.807) is 36.6 Å². The molecule has 1 N–H and O–H groups in total. The zero-order chi connectivity index (χ0) is 28.8. The normalized spacial score (nSPS) is 12.6. The monoisotopic (exact) mass is 594 g/mol. The SMILES string of the molecule is CC[C@H](Oc1ccc(Cl)c(Oc2c(C)n(-c3noc4cc(Cl)ccc34)c3ccc(OC(F)(F)F)cc23)c1)C(=O)O. The lowest BCUT2D eigenvalue weighted by Gasteiger charge is -2.15. The largest absolute Gasteiger partial charge is 0.573 e. The lowest BCUT2D eigenvalue weighted by molar-refractivity contribution is -0.274. The van der Waals surface area contributed by atoms with E-state index >= 15 is 0 Å². The minimum absolute atomic E-state index is 0.0838. The number of aliphatic carboxylic acids is 1. The molecule has 0 aliphatic rings. The molecule has 2 aromatic heterocycles. The van der Waals surface area contributed by atoms with Crippen LogP contribution in [0.4, 0.5) is 13.2 Å². The van der Waals surface area contributed by atoms with E-state index in [-0.39, 0.29) is 34.1 Å². The topological polar surface area (TPSA) is 96.0 Å². The highest BCUT2D eigenvalue weighted by atomic mass is 35.5. The van der Waals surface area contributed by atoms with Gasteiger partial charge in [-0.05, 0) is 55.8 Å². The van der Waals surface area contributed by atoms with E-state index in [2.05, 4.69) is 9.89 Å². The fraction of sp³-hybridized carbons (Fsp3) is 0.185. The number of hydrogen-bond donors (Lipinski definition) is 1. The molecule has 13 heteroatoms. The van der Waals surface area contributed by atoms with E-state index in [9.17, 15) is 23.1 Å². The number of hydrogen-bond acceptors (Lipinski definition) is 6. The van der Waals surface area contributed by atoms with Crippen LogP contribution in [0, 0.1) is 6.92 Å². The van der Waals surface area contributed by atoms with E-state index in [0.29, 0.717) is 33.0 Å². The van der Waals surface area contributed by atoms with Gasteiger partial charge in [-0.3, -0.25) is 4.57 Å². The molecule has 0 aliphatic carbocycles. The Hall–Kier alpha value is -4.09. The van der Waals surface area contributed by atoms with Gasteiger partial charge in [0, 0.05) is 22.5 Å². The molecular formula is C27H19Cl2F3N2O6.